The molecule has 0 fully saturated rings. The number of rotatable bonds is 2. The molecule has 6 aromatic carbocycles. The molecule has 0 N–H and O–H groups in total. The molecule has 0 nitrogen and oxygen atoms in total. The number of hydrogen-bond donors (Lipinski definition) is 0. The third-order valence-electron chi connectivity index (χ3n) is 9.76. The van der Waals surface area contributed by atoms with E-state index in [2.05, 4.69) is 13.1 Å². The third-order valence-corrected chi connectivity index (χ3v) is 9.76. The van der Waals surface area contributed by atoms with Crippen LogP contribution in [0.2, 0.25) is 13.1 Å². The van der Waals surface area contributed by atoms with Gasteiger partial charge in [0.05, 0.1) is 22.3 Å². The molecule has 0 saturated carbocycles. The maximum absolute atomic E-state index is 13.2. The van der Waals surface area contributed by atoms with E-state index in [9.17, 15) is 52.7 Å². The Balaban J connectivity index is 0.000000381. The van der Waals surface area contributed by atoms with Gasteiger partial charge in [0.2, 0.25) is 0 Å². The Morgan fingerprint density at radius 3 is 0.903 bits per heavy atom. The average Bonchev–Trinajstić information content (AvgIpc) is 3.63. The predicted octanol–water partition coefficient (Wildman–Crippen LogP) is 10.5. The maximum Gasteiger partial charge on any atom is 0.416 e. The Hall–Kier alpha value is -3.06. The topological polar surface area (TPSA) is 0 Å². The average molecular weight is 1020 g/mol. The summed E-state index contributed by atoms with van der Waals surface area (Å²) in [5, 5.41) is 2.96. The van der Waals surface area contributed by atoms with Gasteiger partial charge in [0.1, 0.15) is 0 Å². The van der Waals surface area contributed by atoms with Gasteiger partial charge in [-0.05, 0) is 58.4 Å². The van der Waals surface area contributed by atoms with E-state index in [0.717, 1.165) is 57.3 Å². The summed E-state index contributed by atoms with van der Waals surface area (Å²) in [7, 11) is 0. The molecule has 0 aliphatic carbocycles. The van der Waals surface area contributed by atoms with Crippen LogP contribution >= 0.6 is 0 Å². The minimum Gasteiger partial charge on any atom is -1.00 e. The zero-order valence-corrected chi connectivity index (χ0v) is 40.3. The van der Waals surface area contributed by atoms with E-state index < -0.39 is 47.0 Å². The first-order valence-corrected chi connectivity index (χ1v) is 24.8. The molecule has 0 atom stereocenters. The van der Waals surface area contributed by atoms with Crippen LogP contribution in [0, 0.1) is 13.8 Å². The van der Waals surface area contributed by atoms with Gasteiger partial charge >= 0.3 is 66.6 Å². The van der Waals surface area contributed by atoms with Crippen molar-refractivity contribution in [1.82, 2.24) is 0 Å². The van der Waals surface area contributed by atoms with Gasteiger partial charge in [0.25, 0.3) is 0 Å². The number of fused-ring (bicyclic) bond motifs is 2. The fourth-order valence-corrected chi connectivity index (χ4v) is 7.27. The second-order valence-electron chi connectivity index (χ2n) is 17.0. The molecule has 62 heavy (non-hydrogen) atoms. The summed E-state index contributed by atoms with van der Waals surface area (Å²) in [6, 6.07) is 17.4. The van der Waals surface area contributed by atoms with E-state index in [1.165, 1.54) is 0 Å². The van der Waals surface area contributed by atoms with Gasteiger partial charge in [0.15, 0.2) is 0 Å². The van der Waals surface area contributed by atoms with Crippen molar-refractivity contribution in [3.05, 3.63) is 129 Å². The molecule has 0 aliphatic rings. The molecule has 0 aliphatic heterocycles. The van der Waals surface area contributed by atoms with Crippen LogP contribution < -0.4 is 24.8 Å². The van der Waals surface area contributed by atoms with Crippen LogP contribution in [0.5, 0.6) is 0 Å². The van der Waals surface area contributed by atoms with Crippen molar-refractivity contribution in [3.63, 3.8) is 0 Å². The zero-order valence-electron chi connectivity index (χ0n) is 35.4. The molecular weight excluding hydrogens is 971 g/mol. The van der Waals surface area contributed by atoms with Crippen LogP contribution in [0.1, 0.15) is 86.1 Å². The monoisotopic (exact) mass is 1010 g/mol. The third kappa shape index (κ3) is 13.0. The van der Waals surface area contributed by atoms with Crippen molar-refractivity contribution in [3.8, 4) is 22.3 Å². The van der Waals surface area contributed by atoms with E-state index in [1.54, 1.807) is 47.6 Å². The minimum absolute atomic E-state index is 0. The van der Waals surface area contributed by atoms with Crippen molar-refractivity contribution in [1.29, 1.82) is 0 Å². The van der Waals surface area contributed by atoms with Crippen LogP contribution in [0.3, 0.4) is 0 Å². The summed E-state index contributed by atoms with van der Waals surface area (Å²) >= 11 is 1.74. The summed E-state index contributed by atoms with van der Waals surface area (Å²) in [6.45, 7) is 20.4. The smallest absolute Gasteiger partial charge is 0.416 e. The van der Waals surface area contributed by atoms with Crippen LogP contribution in [0.15, 0.2) is 84.9 Å². The normalized spacial score (nSPS) is 12.5. The standard InChI is InChI=1S/2C22H19F6.C2H6Si.2ClH.Zr/c2*1-12-18(20(2,3)4)10-13-6-5-7-17(19(12)13)14-8-15(21(23,24)25)11-16(9-14)22(26,27)28;1-3-2;;;/h2*5-11H,1-4H3;1-2H3;2*1H;/q2*-1;;;;+2/p-2. The van der Waals surface area contributed by atoms with Crippen LogP contribution in [0.4, 0.5) is 52.7 Å². The predicted molar refractivity (Wildman–Crippen MR) is 214 cm³/mol. The molecule has 0 spiro atoms. The SMILES string of the molecule is C[Si](C)=[Zr+2].Cc1c(C(C)(C)C)[cH-]c2cccc(-c3cc(C(F)(F)F)cc(C(F)(F)F)c3)c12.Cc1c(C(C)(C)C)[cH-]c2cccc(-c3cc(C(F)(F)F)cc(C(F)(F)F)c3)c12.[Cl-].[Cl-]. The van der Waals surface area contributed by atoms with Crippen molar-refractivity contribution >= 4 is 27.0 Å². The molecule has 0 aromatic heterocycles. The van der Waals surface area contributed by atoms with Crippen molar-refractivity contribution < 1.29 is 101 Å². The van der Waals surface area contributed by atoms with Crippen molar-refractivity contribution in [2.45, 2.75) is 104 Å². The Labute approximate surface area is 381 Å². The second kappa shape index (κ2) is 19.6. The molecule has 0 heterocycles. The Bertz CT molecular complexity index is 2280. The summed E-state index contributed by atoms with van der Waals surface area (Å²) in [4.78, 5) is 0. The number of alkyl halides is 12. The van der Waals surface area contributed by atoms with Crippen molar-refractivity contribution in [2.75, 3.05) is 0 Å². The number of aryl methyl sites for hydroxylation is 2. The van der Waals surface area contributed by atoms with E-state index in [4.69, 9.17) is 0 Å². The Morgan fingerprint density at radius 2 is 0.694 bits per heavy atom. The summed E-state index contributed by atoms with van der Waals surface area (Å²) in [5.41, 5.74) is -1.15. The molecule has 16 heteroatoms. The van der Waals surface area contributed by atoms with E-state index in [0.29, 0.717) is 21.9 Å². The maximum atomic E-state index is 13.2. The minimum atomic E-state index is -4.87. The largest absolute Gasteiger partial charge is 1.00 e. The van der Waals surface area contributed by atoms with Gasteiger partial charge < -0.3 is 24.8 Å². The van der Waals surface area contributed by atoms with Gasteiger partial charge in [-0.3, -0.25) is 0 Å². The molecule has 336 valence electrons. The summed E-state index contributed by atoms with van der Waals surface area (Å²) in [6.07, 6.45) is -19.5. The molecule has 0 bridgehead atoms. The molecular formula is C46H44Cl2F12SiZr-2. The van der Waals surface area contributed by atoms with Crippen LogP contribution in [-0.2, 0) is 58.9 Å². The first-order chi connectivity index (χ1) is 27.1. The summed E-state index contributed by atoms with van der Waals surface area (Å²) in [5.74, 6) is 0. The molecule has 0 amide bonds. The fraction of sp³-hybridized carbons (Fsp3) is 0.348. The van der Waals surface area contributed by atoms with Gasteiger partial charge in [-0.25, -0.2) is 0 Å². The van der Waals surface area contributed by atoms with E-state index >= 15 is 0 Å². The Morgan fingerprint density at radius 1 is 0.452 bits per heavy atom. The Kier molecular flexibility index (Phi) is 17.4. The fourth-order valence-electron chi connectivity index (χ4n) is 7.27. The zero-order chi connectivity index (χ0) is 45.7. The number of hydrogen-bond acceptors (Lipinski definition) is 0. The van der Waals surface area contributed by atoms with E-state index in [1.807, 2.05) is 79.7 Å². The molecule has 6 aromatic rings. The van der Waals surface area contributed by atoms with Crippen LogP contribution in [0.25, 0.3) is 43.8 Å². The summed E-state index contributed by atoms with van der Waals surface area (Å²) < 4.78 is 159. The van der Waals surface area contributed by atoms with Gasteiger partial charge in [-0.1, -0.05) is 78.6 Å². The first kappa shape index (κ1) is 55.1. The van der Waals surface area contributed by atoms with Crippen molar-refractivity contribution in [2.24, 2.45) is 0 Å². The number of benzene rings is 4. The van der Waals surface area contributed by atoms with Gasteiger partial charge in [-0.15, -0.1) is 69.1 Å². The van der Waals surface area contributed by atoms with Gasteiger partial charge in [0, 0.05) is 0 Å². The quantitative estimate of drug-likeness (QED) is 0.0921. The first-order valence-electron chi connectivity index (χ1n) is 18.6. The molecule has 6 rings (SSSR count). The second-order valence-corrected chi connectivity index (χ2v) is 26.4. The number of halogens is 14. The molecule has 0 radical (unpaired) electrons. The molecule has 0 unspecified atom stereocenters. The molecule has 0 saturated heterocycles. The van der Waals surface area contributed by atoms with E-state index in [-0.39, 0.29) is 64.3 Å². The van der Waals surface area contributed by atoms with Crippen LogP contribution in [-0.4, -0.2) is 5.43 Å². The van der Waals surface area contributed by atoms with Gasteiger partial charge in [-0.2, -0.15) is 63.8 Å².